The van der Waals surface area contributed by atoms with Crippen LogP contribution in [0, 0.1) is 12.7 Å². The van der Waals surface area contributed by atoms with Crippen LogP contribution in [0.15, 0.2) is 71.9 Å². The number of nitrogens with one attached hydrogen (secondary N) is 1. The Morgan fingerprint density at radius 1 is 1.13 bits per heavy atom. The maximum absolute atomic E-state index is 13.0. The summed E-state index contributed by atoms with van der Waals surface area (Å²) in [5, 5.41) is 3.17. The average molecular weight is 402 g/mol. The fourth-order valence-corrected chi connectivity index (χ4v) is 3.23. The number of pyridine rings is 3. The largest absolute Gasteiger partial charge is 0.348 e. The summed E-state index contributed by atoms with van der Waals surface area (Å²) in [6, 6.07) is 13.0. The predicted molar refractivity (Wildman–Crippen MR) is 112 cm³/mol. The Morgan fingerprint density at radius 2 is 1.93 bits per heavy atom. The number of aryl methyl sites for hydroxylation is 1. The van der Waals surface area contributed by atoms with Crippen LogP contribution in [0.3, 0.4) is 0 Å². The first-order chi connectivity index (χ1) is 14.5. The van der Waals surface area contributed by atoms with E-state index >= 15 is 0 Å². The number of fused-ring (bicyclic) bond motifs is 1. The minimum absolute atomic E-state index is 0.226. The van der Waals surface area contributed by atoms with E-state index in [9.17, 15) is 14.0 Å². The summed E-state index contributed by atoms with van der Waals surface area (Å²) in [6.07, 6.45) is 5.08. The Kier molecular flexibility index (Phi) is 5.34. The third kappa shape index (κ3) is 4.10. The first-order valence-corrected chi connectivity index (χ1v) is 9.43. The van der Waals surface area contributed by atoms with E-state index in [-0.39, 0.29) is 23.8 Å². The lowest BCUT2D eigenvalue weighted by molar-refractivity contribution is 0.0950. The Hall–Kier alpha value is -3.87. The van der Waals surface area contributed by atoms with Gasteiger partial charge >= 0.3 is 0 Å². The zero-order chi connectivity index (χ0) is 21.1. The smallest absolute Gasteiger partial charge is 0.260 e. The van der Waals surface area contributed by atoms with Crippen molar-refractivity contribution in [1.82, 2.24) is 19.9 Å². The van der Waals surface area contributed by atoms with Gasteiger partial charge in [-0.1, -0.05) is 18.2 Å². The van der Waals surface area contributed by atoms with Gasteiger partial charge in [0.05, 0.1) is 28.7 Å². The van der Waals surface area contributed by atoms with E-state index in [2.05, 4.69) is 15.3 Å². The molecule has 0 unspecified atom stereocenters. The number of aromatic nitrogens is 3. The van der Waals surface area contributed by atoms with Crippen molar-refractivity contribution in [2.24, 2.45) is 0 Å². The lowest BCUT2D eigenvalue weighted by Crippen LogP contribution is -2.25. The molecule has 3 heterocycles. The Bertz CT molecular complexity index is 1270. The summed E-state index contributed by atoms with van der Waals surface area (Å²) in [4.78, 5) is 34.2. The van der Waals surface area contributed by atoms with Crippen molar-refractivity contribution in [2.45, 2.75) is 20.0 Å². The number of halogens is 1. The van der Waals surface area contributed by atoms with E-state index in [4.69, 9.17) is 0 Å². The predicted octanol–water partition coefficient (Wildman–Crippen LogP) is 3.22. The summed E-state index contributed by atoms with van der Waals surface area (Å²) < 4.78 is 14.6. The zero-order valence-corrected chi connectivity index (χ0v) is 16.3. The lowest BCUT2D eigenvalue weighted by Gasteiger charge is -2.11. The van der Waals surface area contributed by atoms with Crippen molar-refractivity contribution >= 4 is 16.8 Å². The molecule has 6 nitrogen and oxygen atoms in total. The van der Waals surface area contributed by atoms with Crippen LogP contribution in [0.4, 0.5) is 4.39 Å². The van der Waals surface area contributed by atoms with Gasteiger partial charge < -0.3 is 9.88 Å². The second-order valence-electron chi connectivity index (χ2n) is 6.97. The molecule has 0 fully saturated rings. The minimum Gasteiger partial charge on any atom is -0.348 e. The molecular weight excluding hydrogens is 383 g/mol. The molecule has 0 aliphatic carbocycles. The van der Waals surface area contributed by atoms with E-state index in [1.54, 1.807) is 54.3 Å². The van der Waals surface area contributed by atoms with Gasteiger partial charge in [-0.2, -0.15) is 0 Å². The number of nitrogens with zero attached hydrogens (tertiary/aromatic N) is 3. The van der Waals surface area contributed by atoms with E-state index in [1.165, 1.54) is 12.1 Å². The molecule has 0 aliphatic heterocycles. The molecule has 0 bridgehead atoms. The number of benzene rings is 1. The fourth-order valence-electron chi connectivity index (χ4n) is 3.23. The highest BCUT2D eigenvalue weighted by atomic mass is 19.1. The van der Waals surface area contributed by atoms with Crippen LogP contribution in [0.5, 0.6) is 0 Å². The SMILES string of the molecule is Cc1nc2ccn(Cc3cccnc3)c(=O)c2cc1C(=O)NCc1ccc(F)cc1. The molecular formula is C23H19FN4O2. The molecule has 7 heteroatoms. The molecule has 30 heavy (non-hydrogen) atoms. The molecule has 4 aromatic rings. The van der Waals surface area contributed by atoms with Gasteiger partial charge in [-0.05, 0) is 48.4 Å². The number of rotatable bonds is 5. The fraction of sp³-hybridized carbons (Fsp3) is 0.130. The summed E-state index contributed by atoms with van der Waals surface area (Å²) >= 11 is 0. The molecule has 0 spiro atoms. The van der Waals surface area contributed by atoms with Gasteiger partial charge in [0, 0.05) is 25.1 Å². The molecule has 0 aliphatic rings. The Balaban J connectivity index is 1.62. The summed E-state index contributed by atoms with van der Waals surface area (Å²) in [5.74, 6) is -0.671. The van der Waals surface area contributed by atoms with E-state index in [0.29, 0.717) is 28.7 Å². The van der Waals surface area contributed by atoms with Gasteiger partial charge in [-0.25, -0.2) is 4.39 Å². The van der Waals surface area contributed by atoms with Gasteiger partial charge in [0.25, 0.3) is 11.5 Å². The Morgan fingerprint density at radius 3 is 2.67 bits per heavy atom. The number of amides is 1. The van der Waals surface area contributed by atoms with E-state index in [0.717, 1.165) is 11.1 Å². The van der Waals surface area contributed by atoms with Gasteiger partial charge in [-0.15, -0.1) is 0 Å². The van der Waals surface area contributed by atoms with Crippen LogP contribution in [0.25, 0.3) is 10.9 Å². The summed E-state index contributed by atoms with van der Waals surface area (Å²) in [6.45, 7) is 2.35. The van der Waals surface area contributed by atoms with Crippen molar-refractivity contribution in [1.29, 1.82) is 0 Å². The lowest BCUT2D eigenvalue weighted by atomic mass is 10.1. The number of hydrogen-bond acceptors (Lipinski definition) is 4. The van der Waals surface area contributed by atoms with Gasteiger partial charge in [-0.3, -0.25) is 19.6 Å². The highest BCUT2D eigenvalue weighted by molar-refractivity contribution is 5.98. The van der Waals surface area contributed by atoms with Crippen LogP contribution in [-0.4, -0.2) is 20.4 Å². The molecule has 1 aromatic carbocycles. The quantitative estimate of drug-likeness (QED) is 0.556. The van der Waals surface area contributed by atoms with E-state index in [1.807, 2.05) is 12.1 Å². The van der Waals surface area contributed by atoms with Crippen molar-refractivity contribution in [2.75, 3.05) is 0 Å². The van der Waals surface area contributed by atoms with Gasteiger partial charge in [0.2, 0.25) is 0 Å². The molecule has 1 amide bonds. The monoisotopic (exact) mass is 402 g/mol. The minimum atomic E-state index is -0.340. The molecule has 0 radical (unpaired) electrons. The van der Waals surface area contributed by atoms with Gasteiger partial charge in [0.1, 0.15) is 5.82 Å². The number of carbonyl (C=O) groups is 1. The van der Waals surface area contributed by atoms with Crippen LogP contribution < -0.4 is 10.9 Å². The van der Waals surface area contributed by atoms with Crippen LogP contribution in [0.1, 0.15) is 27.2 Å². The van der Waals surface area contributed by atoms with Crippen molar-refractivity contribution < 1.29 is 9.18 Å². The van der Waals surface area contributed by atoms with Crippen LogP contribution in [-0.2, 0) is 13.1 Å². The zero-order valence-electron chi connectivity index (χ0n) is 16.3. The number of hydrogen-bond donors (Lipinski definition) is 1. The maximum atomic E-state index is 13.0. The topological polar surface area (TPSA) is 76.9 Å². The van der Waals surface area contributed by atoms with E-state index < -0.39 is 0 Å². The molecule has 1 N–H and O–H groups in total. The molecule has 0 atom stereocenters. The molecule has 0 saturated carbocycles. The van der Waals surface area contributed by atoms with Crippen LogP contribution in [0.2, 0.25) is 0 Å². The third-order valence-corrected chi connectivity index (χ3v) is 4.83. The third-order valence-electron chi connectivity index (χ3n) is 4.83. The number of carbonyl (C=O) groups excluding carboxylic acids is 1. The molecule has 150 valence electrons. The molecule has 0 saturated heterocycles. The normalized spacial score (nSPS) is 10.9. The standard InChI is InChI=1S/C23H19FN4O2/c1-15-19(22(29)26-13-16-4-6-18(24)7-5-16)11-20-21(27-15)8-10-28(23(20)30)14-17-3-2-9-25-12-17/h2-12H,13-14H2,1H3,(H,26,29). The van der Waals surface area contributed by atoms with Crippen molar-refractivity contribution in [3.05, 3.63) is 106 Å². The van der Waals surface area contributed by atoms with Crippen LogP contribution >= 0.6 is 0 Å². The first-order valence-electron chi connectivity index (χ1n) is 9.43. The van der Waals surface area contributed by atoms with Crippen molar-refractivity contribution in [3.63, 3.8) is 0 Å². The molecule has 4 rings (SSSR count). The average Bonchev–Trinajstić information content (AvgIpc) is 2.75. The second-order valence-corrected chi connectivity index (χ2v) is 6.97. The van der Waals surface area contributed by atoms with Crippen molar-refractivity contribution in [3.8, 4) is 0 Å². The maximum Gasteiger partial charge on any atom is 0.260 e. The van der Waals surface area contributed by atoms with Gasteiger partial charge in [0.15, 0.2) is 0 Å². The molecule has 3 aromatic heterocycles. The first kappa shape index (κ1) is 19.4. The summed E-state index contributed by atoms with van der Waals surface area (Å²) in [7, 11) is 0. The summed E-state index contributed by atoms with van der Waals surface area (Å²) in [5.41, 5.74) is 2.85. The highest BCUT2D eigenvalue weighted by Gasteiger charge is 2.14. The highest BCUT2D eigenvalue weighted by Crippen LogP contribution is 2.14. The Labute approximate surface area is 172 Å². The second kappa shape index (κ2) is 8.24.